The fraction of sp³-hybridized carbons (Fsp3) is 0.238. The highest BCUT2D eigenvalue weighted by atomic mass is 32.1. The van der Waals surface area contributed by atoms with Gasteiger partial charge in [0.05, 0.1) is 11.6 Å². The van der Waals surface area contributed by atoms with Gasteiger partial charge in [0, 0.05) is 11.3 Å². The number of benzene rings is 2. The van der Waals surface area contributed by atoms with E-state index < -0.39 is 0 Å². The molecule has 0 bridgehead atoms. The lowest BCUT2D eigenvalue weighted by molar-refractivity contribution is -0.154. The van der Waals surface area contributed by atoms with Gasteiger partial charge in [-0.3, -0.25) is 0 Å². The second-order valence-electron chi connectivity index (χ2n) is 6.64. The van der Waals surface area contributed by atoms with Crippen molar-refractivity contribution in [3.8, 4) is 0 Å². The smallest absolute Gasteiger partial charge is 0.334 e. The summed E-state index contributed by atoms with van der Waals surface area (Å²) in [6.45, 7) is 1.89. The van der Waals surface area contributed by atoms with Crippen molar-refractivity contribution in [2.75, 3.05) is 0 Å². The van der Waals surface area contributed by atoms with Crippen LogP contribution in [0.15, 0.2) is 66.0 Å². The summed E-state index contributed by atoms with van der Waals surface area (Å²) in [7, 11) is 0. The van der Waals surface area contributed by atoms with Crippen LogP contribution in [-0.4, -0.2) is 10.7 Å². The van der Waals surface area contributed by atoms with E-state index in [0.29, 0.717) is 9.87 Å². The molecule has 3 atom stereocenters. The fourth-order valence-electron chi connectivity index (χ4n) is 3.72. The zero-order valence-corrected chi connectivity index (χ0v) is 16.0. The monoisotopic (exact) mass is 381 g/mol. The van der Waals surface area contributed by atoms with Crippen molar-refractivity contribution in [2.45, 2.75) is 25.2 Å². The van der Waals surface area contributed by atoms with E-state index in [1.165, 1.54) is 27.2 Å². The van der Waals surface area contributed by atoms with Crippen molar-refractivity contribution in [3.63, 3.8) is 0 Å². The molecule has 26 heavy (non-hydrogen) atoms. The molecule has 3 nitrogen and oxygen atoms in total. The Morgan fingerprint density at radius 1 is 1.08 bits per heavy atom. The molecule has 0 radical (unpaired) electrons. The predicted octanol–water partition coefficient (Wildman–Crippen LogP) is 5.13. The third-order valence-electron chi connectivity index (χ3n) is 5.09. The van der Waals surface area contributed by atoms with Gasteiger partial charge in [-0.1, -0.05) is 60.7 Å². The van der Waals surface area contributed by atoms with Gasteiger partial charge >= 0.3 is 5.97 Å². The van der Waals surface area contributed by atoms with Crippen LogP contribution < -0.4 is 4.84 Å². The van der Waals surface area contributed by atoms with Crippen molar-refractivity contribution in [2.24, 2.45) is 5.92 Å². The molecular formula is C21H19NO2S2. The maximum absolute atomic E-state index is 12.9. The Hall–Kier alpha value is -2.24. The highest BCUT2D eigenvalue weighted by molar-refractivity contribution is 7.73. The Morgan fingerprint density at radius 2 is 1.69 bits per heavy atom. The molecule has 1 aromatic heterocycles. The number of rotatable bonds is 4. The van der Waals surface area contributed by atoms with Crippen LogP contribution in [0, 0.1) is 16.8 Å². The molecule has 3 aromatic rings. The first-order valence-electron chi connectivity index (χ1n) is 8.64. The molecule has 1 aliphatic rings. The maximum Gasteiger partial charge on any atom is 0.336 e. The lowest BCUT2D eigenvalue weighted by atomic mass is 9.59. The zero-order chi connectivity index (χ0) is 18.1. The van der Waals surface area contributed by atoms with E-state index in [2.05, 4.69) is 36.4 Å². The minimum Gasteiger partial charge on any atom is -0.334 e. The van der Waals surface area contributed by atoms with Crippen molar-refractivity contribution in [3.05, 3.63) is 86.8 Å². The number of carbonyl (C=O) groups excluding carboxylic acids is 1. The normalized spacial score (nSPS) is 21.8. The summed E-state index contributed by atoms with van der Waals surface area (Å²) in [6.07, 6.45) is 0.791. The lowest BCUT2D eigenvalue weighted by Crippen LogP contribution is -2.42. The Kier molecular flexibility index (Phi) is 4.74. The molecular weight excluding hydrogens is 362 g/mol. The predicted molar refractivity (Wildman–Crippen MR) is 106 cm³/mol. The minimum atomic E-state index is -0.205. The van der Waals surface area contributed by atoms with E-state index in [-0.39, 0.29) is 17.8 Å². The molecule has 1 heterocycles. The van der Waals surface area contributed by atoms with E-state index in [9.17, 15) is 4.79 Å². The van der Waals surface area contributed by atoms with Gasteiger partial charge in [-0.15, -0.1) is 11.3 Å². The van der Waals surface area contributed by atoms with Crippen molar-refractivity contribution in [1.29, 1.82) is 0 Å². The Labute approximate surface area is 161 Å². The summed E-state index contributed by atoms with van der Waals surface area (Å²) in [5.74, 6) is 0.0827. The number of thiazole rings is 1. The van der Waals surface area contributed by atoms with Gasteiger partial charge in [-0.05, 0) is 42.6 Å². The van der Waals surface area contributed by atoms with Crippen LogP contribution in [0.4, 0.5) is 0 Å². The zero-order valence-electron chi connectivity index (χ0n) is 14.4. The van der Waals surface area contributed by atoms with Gasteiger partial charge in [0.15, 0.2) is 3.95 Å². The number of hydrogen-bond acceptors (Lipinski definition) is 4. The highest BCUT2D eigenvalue weighted by Gasteiger charge is 2.47. The second-order valence-corrected chi connectivity index (χ2v) is 8.15. The molecule has 0 spiro atoms. The van der Waals surface area contributed by atoms with Crippen LogP contribution in [0.2, 0.25) is 0 Å². The molecule has 1 aliphatic carbocycles. The largest absolute Gasteiger partial charge is 0.336 e. The van der Waals surface area contributed by atoms with E-state index in [1.807, 2.05) is 36.6 Å². The van der Waals surface area contributed by atoms with Gasteiger partial charge < -0.3 is 4.84 Å². The molecule has 2 unspecified atom stereocenters. The van der Waals surface area contributed by atoms with Gasteiger partial charge in [0.1, 0.15) is 0 Å². The molecule has 132 valence electrons. The van der Waals surface area contributed by atoms with Crippen LogP contribution in [0.1, 0.15) is 35.1 Å². The van der Waals surface area contributed by atoms with Crippen LogP contribution >= 0.6 is 23.6 Å². The van der Waals surface area contributed by atoms with E-state index >= 15 is 0 Å². The molecule has 2 aromatic carbocycles. The average Bonchev–Trinajstić information content (AvgIpc) is 2.95. The molecule has 0 aliphatic heterocycles. The maximum atomic E-state index is 12.9. The fourth-order valence-corrected chi connectivity index (χ4v) is 4.69. The van der Waals surface area contributed by atoms with Crippen molar-refractivity contribution in [1.82, 2.24) is 4.73 Å². The first-order valence-corrected chi connectivity index (χ1v) is 9.93. The van der Waals surface area contributed by atoms with Gasteiger partial charge in [0.2, 0.25) is 0 Å². The average molecular weight is 382 g/mol. The topological polar surface area (TPSA) is 31.2 Å². The first kappa shape index (κ1) is 17.2. The molecule has 4 rings (SSSR count). The van der Waals surface area contributed by atoms with Gasteiger partial charge in [-0.2, -0.15) is 4.73 Å². The second kappa shape index (κ2) is 7.17. The molecule has 1 saturated carbocycles. The van der Waals surface area contributed by atoms with Gasteiger partial charge in [0.25, 0.3) is 0 Å². The minimum absolute atomic E-state index is 0.124. The van der Waals surface area contributed by atoms with Crippen LogP contribution in [0.3, 0.4) is 0 Å². The Morgan fingerprint density at radius 3 is 2.27 bits per heavy atom. The van der Waals surface area contributed by atoms with Crippen LogP contribution in [0.5, 0.6) is 0 Å². The molecule has 1 fully saturated rings. The first-order chi connectivity index (χ1) is 12.6. The molecule has 0 saturated heterocycles. The standard InChI is InChI=1S/C21H19NO2S2/c1-14-13-26-21(25)22(14)24-20(23)18-12-17(15-8-4-2-5-9-15)19(18)16-10-6-3-7-11-16/h2-11,13,17-19H,12H2,1H3/t17?,18-,19?/m0/s1. The van der Waals surface area contributed by atoms with E-state index in [4.69, 9.17) is 17.1 Å². The molecule has 0 N–H and O–H groups in total. The van der Waals surface area contributed by atoms with Crippen molar-refractivity contribution >= 4 is 29.5 Å². The quantitative estimate of drug-likeness (QED) is 0.587. The molecule has 0 amide bonds. The Balaban J connectivity index is 1.61. The summed E-state index contributed by atoms with van der Waals surface area (Å²) in [5, 5.41) is 1.90. The van der Waals surface area contributed by atoms with Gasteiger partial charge in [-0.25, -0.2) is 4.79 Å². The number of aromatic nitrogens is 1. The van der Waals surface area contributed by atoms with Crippen LogP contribution in [-0.2, 0) is 4.79 Å². The summed E-state index contributed by atoms with van der Waals surface area (Å²) in [6, 6.07) is 20.7. The number of carbonyl (C=O) groups is 1. The third kappa shape index (κ3) is 3.13. The summed E-state index contributed by atoms with van der Waals surface area (Å²) < 4.78 is 2.03. The number of nitrogens with zero attached hydrogens (tertiary/aromatic N) is 1. The van der Waals surface area contributed by atoms with Crippen LogP contribution in [0.25, 0.3) is 0 Å². The summed E-state index contributed by atoms with van der Waals surface area (Å²) in [5.41, 5.74) is 3.30. The SMILES string of the molecule is Cc1csc(=S)n1OC(=O)[C@H]1CC(c2ccccc2)C1c1ccccc1. The summed E-state index contributed by atoms with van der Waals surface area (Å²) >= 11 is 6.66. The van der Waals surface area contributed by atoms with Crippen molar-refractivity contribution < 1.29 is 9.63 Å². The number of aryl methyl sites for hydroxylation is 1. The summed E-state index contributed by atoms with van der Waals surface area (Å²) in [4.78, 5) is 18.5. The Bertz CT molecular complexity index is 962. The third-order valence-corrected chi connectivity index (χ3v) is 6.37. The van der Waals surface area contributed by atoms with E-state index in [1.54, 1.807) is 0 Å². The van der Waals surface area contributed by atoms with E-state index in [0.717, 1.165) is 12.1 Å². The molecule has 5 heteroatoms. The lowest BCUT2D eigenvalue weighted by Gasteiger charge is -2.43. The highest BCUT2D eigenvalue weighted by Crippen LogP contribution is 2.53. The number of hydrogen-bond donors (Lipinski definition) is 0.